The molecule has 0 amide bonds. The Morgan fingerprint density at radius 3 is 2.47 bits per heavy atom. The van der Waals surface area contributed by atoms with Crippen LogP contribution < -0.4 is 25.0 Å². The fraction of sp³-hybridized carbons (Fsp3) is 0.273. The molecule has 3 aromatic rings. The van der Waals surface area contributed by atoms with E-state index in [-0.39, 0.29) is 25.0 Å². The number of aliphatic hydroxyl groups is 2. The van der Waals surface area contributed by atoms with Gasteiger partial charge < -0.3 is 35.2 Å². The summed E-state index contributed by atoms with van der Waals surface area (Å²) in [4.78, 5) is 10.1. The van der Waals surface area contributed by atoms with Gasteiger partial charge in [0.25, 0.3) is 0 Å². The van der Waals surface area contributed by atoms with E-state index in [0.717, 1.165) is 11.9 Å². The highest BCUT2D eigenvalue weighted by atomic mass is 19.1. The fourth-order valence-electron chi connectivity index (χ4n) is 3.29. The Kier molecular flexibility index (Phi) is 6.83. The molecule has 0 aliphatic carbocycles. The third kappa shape index (κ3) is 5.16. The van der Waals surface area contributed by atoms with Crippen LogP contribution in [0.5, 0.6) is 11.5 Å². The normalized spacial score (nSPS) is 12.3. The third-order valence-corrected chi connectivity index (χ3v) is 4.76. The zero-order valence-corrected chi connectivity index (χ0v) is 17.3. The van der Waals surface area contributed by atoms with Gasteiger partial charge in [-0.25, -0.2) is 9.37 Å². The van der Waals surface area contributed by atoms with Gasteiger partial charge in [-0.2, -0.15) is 4.98 Å². The fourth-order valence-corrected chi connectivity index (χ4v) is 3.29. The molecule has 0 atom stereocenters. The summed E-state index contributed by atoms with van der Waals surface area (Å²) in [6.07, 6.45) is 1.09. The number of aromatic nitrogens is 2. The lowest BCUT2D eigenvalue weighted by molar-refractivity contribution is 0.171. The summed E-state index contributed by atoms with van der Waals surface area (Å²) < 4.78 is 25.4. The number of nitrogens with one attached hydrogen (secondary N) is 2. The van der Waals surface area contributed by atoms with E-state index in [1.807, 2.05) is 29.2 Å². The molecule has 32 heavy (non-hydrogen) atoms. The number of aliphatic hydroxyl groups excluding tert-OH is 2. The van der Waals surface area contributed by atoms with Crippen molar-refractivity contribution in [1.29, 1.82) is 0 Å². The van der Waals surface area contributed by atoms with Crippen LogP contribution in [0.4, 0.5) is 33.2 Å². The maximum absolute atomic E-state index is 14.3. The van der Waals surface area contributed by atoms with Crippen LogP contribution in [0.15, 0.2) is 48.7 Å². The van der Waals surface area contributed by atoms with Crippen LogP contribution in [0, 0.1) is 5.82 Å². The minimum absolute atomic E-state index is 0.0116. The largest absolute Gasteiger partial charge is 0.486 e. The predicted molar refractivity (Wildman–Crippen MR) is 119 cm³/mol. The smallest absolute Gasteiger partial charge is 0.229 e. The summed E-state index contributed by atoms with van der Waals surface area (Å²) in [5, 5.41) is 24.5. The van der Waals surface area contributed by atoms with E-state index in [1.165, 1.54) is 0 Å². The number of benzene rings is 2. The van der Waals surface area contributed by atoms with Crippen molar-refractivity contribution in [1.82, 2.24) is 9.97 Å². The number of hydrogen-bond donors (Lipinski definition) is 4. The maximum atomic E-state index is 14.3. The van der Waals surface area contributed by atoms with E-state index in [2.05, 4.69) is 20.6 Å². The van der Waals surface area contributed by atoms with E-state index < -0.39 is 5.82 Å². The van der Waals surface area contributed by atoms with Gasteiger partial charge in [0.05, 0.1) is 19.4 Å². The van der Waals surface area contributed by atoms with Gasteiger partial charge in [-0.1, -0.05) is 6.07 Å². The molecule has 9 nitrogen and oxygen atoms in total. The number of hydrogen-bond acceptors (Lipinski definition) is 9. The first-order chi connectivity index (χ1) is 15.7. The van der Waals surface area contributed by atoms with Crippen LogP contribution in [0.3, 0.4) is 0 Å². The molecule has 10 heteroatoms. The van der Waals surface area contributed by atoms with Gasteiger partial charge in [0, 0.05) is 36.2 Å². The lowest BCUT2D eigenvalue weighted by Gasteiger charge is -2.23. The van der Waals surface area contributed by atoms with Crippen LogP contribution in [0.1, 0.15) is 0 Å². The zero-order valence-electron chi connectivity index (χ0n) is 17.3. The lowest BCUT2D eigenvalue weighted by Crippen LogP contribution is -2.29. The van der Waals surface area contributed by atoms with Gasteiger partial charge in [0.2, 0.25) is 5.95 Å². The summed E-state index contributed by atoms with van der Waals surface area (Å²) in [5.41, 5.74) is 2.10. The van der Waals surface area contributed by atoms with E-state index in [0.29, 0.717) is 49.2 Å². The van der Waals surface area contributed by atoms with Crippen molar-refractivity contribution >= 4 is 28.8 Å². The average molecular weight is 441 g/mol. The Hall–Kier alpha value is -3.63. The Morgan fingerprint density at radius 2 is 1.69 bits per heavy atom. The van der Waals surface area contributed by atoms with Gasteiger partial charge in [-0.15, -0.1) is 0 Å². The minimum atomic E-state index is -0.601. The van der Waals surface area contributed by atoms with Gasteiger partial charge in [-0.05, 0) is 30.3 Å². The van der Waals surface area contributed by atoms with Crippen molar-refractivity contribution in [3.63, 3.8) is 0 Å². The molecule has 2 heterocycles. The van der Waals surface area contributed by atoms with Crippen molar-refractivity contribution in [2.45, 2.75) is 0 Å². The van der Waals surface area contributed by atoms with E-state index in [4.69, 9.17) is 9.47 Å². The SMILES string of the molecule is OCCN(CCO)c1cccc(Nc2ncc(F)c(Nc3ccc4c(c3)OCCO4)n2)c1. The third-order valence-electron chi connectivity index (χ3n) is 4.76. The molecule has 1 aromatic heterocycles. The van der Waals surface area contributed by atoms with E-state index >= 15 is 0 Å². The molecule has 0 fully saturated rings. The highest BCUT2D eigenvalue weighted by molar-refractivity contribution is 5.65. The molecular formula is C22H24FN5O4. The molecule has 0 saturated carbocycles. The summed E-state index contributed by atoms with van der Waals surface area (Å²) in [6, 6.07) is 12.6. The van der Waals surface area contributed by atoms with Crippen molar-refractivity contribution in [2.75, 3.05) is 55.1 Å². The van der Waals surface area contributed by atoms with Gasteiger partial charge >= 0.3 is 0 Å². The van der Waals surface area contributed by atoms with Crippen LogP contribution in [-0.4, -0.2) is 59.7 Å². The lowest BCUT2D eigenvalue weighted by atomic mass is 10.2. The number of nitrogens with zero attached hydrogens (tertiary/aromatic N) is 3. The average Bonchev–Trinajstić information content (AvgIpc) is 2.81. The van der Waals surface area contributed by atoms with Crippen LogP contribution in [-0.2, 0) is 0 Å². The first-order valence-electron chi connectivity index (χ1n) is 10.2. The molecule has 1 aliphatic heterocycles. The van der Waals surface area contributed by atoms with Gasteiger partial charge in [0.1, 0.15) is 13.2 Å². The van der Waals surface area contributed by atoms with Crippen molar-refractivity contribution in [3.8, 4) is 11.5 Å². The zero-order chi connectivity index (χ0) is 22.3. The molecule has 0 bridgehead atoms. The molecule has 4 rings (SSSR count). The summed E-state index contributed by atoms with van der Waals surface area (Å²) in [5.74, 6) is 0.845. The highest BCUT2D eigenvalue weighted by Crippen LogP contribution is 2.33. The second kappa shape index (κ2) is 10.1. The minimum Gasteiger partial charge on any atom is -0.486 e. The second-order valence-corrected chi connectivity index (χ2v) is 6.98. The first-order valence-corrected chi connectivity index (χ1v) is 10.2. The molecule has 168 valence electrons. The second-order valence-electron chi connectivity index (χ2n) is 6.98. The molecule has 1 aliphatic rings. The van der Waals surface area contributed by atoms with Crippen molar-refractivity contribution in [3.05, 3.63) is 54.5 Å². The molecule has 0 unspecified atom stereocenters. The first kappa shape index (κ1) is 21.6. The molecule has 2 aromatic carbocycles. The van der Waals surface area contributed by atoms with Crippen molar-refractivity contribution in [2.24, 2.45) is 0 Å². The van der Waals surface area contributed by atoms with Crippen LogP contribution in [0.25, 0.3) is 0 Å². The summed E-state index contributed by atoms with van der Waals surface area (Å²) >= 11 is 0. The topological polar surface area (TPSA) is 112 Å². The van der Waals surface area contributed by atoms with Crippen LogP contribution in [0.2, 0.25) is 0 Å². The monoisotopic (exact) mass is 441 g/mol. The highest BCUT2D eigenvalue weighted by Gasteiger charge is 2.14. The summed E-state index contributed by atoms with van der Waals surface area (Å²) in [6.45, 7) is 1.66. The molecule has 4 N–H and O–H groups in total. The number of anilines is 5. The predicted octanol–water partition coefficient (Wildman–Crippen LogP) is 2.67. The van der Waals surface area contributed by atoms with Gasteiger partial charge in [-0.3, -0.25) is 0 Å². The number of rotatable bonds is 9. The standard InChI is InChI=1S/C22H24FN5O4/c23-18-14-24-22(26-15-2-1-3-17(12-15)28(6-8-29)7-9-30)27-21(18)25-16-4-5-19-20(13-16)32-11-10-31-19/h1-5,12-14,29-30H,6-11H2,(H2,24,25,26,27). The Balaban J connectivity index is 1.51. The molecule has 0 saturated heterocycles. The Bertz CT molecular complexity index is 1060. The van der Waals surface area contributed by atoms with E-state index in [9.17, 15) is 14.6 Å². The maximum Gasteiger partial charge on any atom is 0.229 e. The number of ether oxygens (including phenoxy) is 2. The van der Waals surface area contributed by atoms with Crippen molar-refractivity contribution < 1.29 is 24.1 Å². The number of halogens is 1. The van der Waals surface area contributed by atoms with Crippen LogP contribution >= 0.6 is 0 Å². The Labute approximate surface area is 184 Å². The Morgan fingerprint density at radius 1 is 0.938 bits per heavy atom. The molecule has 0 radical (unpaired) electrons. The van der Waals surface area contributed by atoms with E-state index in [1.54, 1.807) is 18.2 Å². The molecular weight excluding hydrogens is 417 g/mol. The van der Waals surface area contributed by atoms with Gasteiger partial charge in [0.15, 0.2) is 23.1 Å². The summed E-state index contributed by atoms with van der Waals surface area (Å²) in [7, 11) is 0. The quantitative estimate of drug-likeness (QED) is 0.398. The number of fused-ring (bicyclic) bond motifs is 1. The molecule has 0 spiro atoms.